The average Bonchev–Trinajstić information content (AvgIpc) is 2.91. The van der Waals surface area contributed by atoms with Crippen LogP contribution in [0.4, 0.5) is 5.69 Å². The quantitative estimate of drug-likeness (QED) is 0.813. The van der Waals surface area contributed by atoms with Crippen molar-refractivity contribution in [1.82, 2.24) is 4.98 Å². The Hall–Kier alpha value is -1.88. The summed E-state index contributed by atoms with van der Waals surface area (Å²) in [7, 11) is 0. The molecule has 1 N–H and O–H groups in total. The molecule has 1 heterocycles. The molecule has 5 heteroatoms. The van der Waals surface area contributed by atoms with E-state index in [-0.39, 0.29) is 12.0 Å². The Balaban J connectivity index is 1.99. The van der Waals surface area contributed by atoms with Crippen molar-refractivity contribution < 1.29 is 9.53 Å². The number of anilines is 1. The summed E-state index contributed by atoms with van der Waals surface area (Å²) in [6.07, 6.45) is 0.830. The summed E-state index contributed by atoms with van der Waals surface area (Å²) >= 11 is 1.65. The van der Waals surface area contributed by atoms with Crippen molar-refractivity contribution in [2.45, 2.75) is 33.2 Å². The van der Waals surface area contributed by atoms with Gasteiger partial charge in [0.05, 0.1) is 29.4 Å². The van der Waals surface area contributed by atoms with Crippen LogP contribution in [0, 0.1) is 6.92 Å². The van der Waals surface area contributed by atoms with Crippen LogP contribution < -0.4 is 5.32 Å². The first-order valence-corrected chi connectivity index (χ1v) is 7.93. The molecule has 21 heavy (non-hydrogen) atoms. The predicted octanol–water partition coefficient (Wildman–Crippen LogP) is 4.19. The zero-order chi connectivity index (χ0) is 15.2. The van der Waals surface area contributed by atoms with Crippen LogP contribution in [0.15, 0.2) is 29.8 Å². The van der Waals surface area contributed by atoms with Gasteiger partial charge in [-0.15, -0.1) is 11.3 Å². The van der Waals surface area contributed by atoms with Gasteiger partial charge in [-0.05, 0) is 44.5 Å². The summed E-state index contributed by atoms with van der Waals surface area (Å²) in [5.74, 6) is -0.269. The van der Waals surface area contributed by atoms with Crippen molar-refractivity contribution in [3.05, 3.63) is 45.9 Å². The van der Waals surface area contributed by atoms with Gasteiger partial charge in [0.25, 0.3) is 0 Å². The molecule has 0 radical (unpaired) electrons. The second-order valence-electron chi connectivity index (χ2n) is 4.88. The van der Waals surface area contributed by atoms with Crippen LogP contribution in [-0.4, -0.2) is 17.6 Å². The SMILES string of the molecule is CCCOC(=O)c1ccc(NC(C)c2scnc2C)cc1. The van der Waals surface area contributed by atoms with E-state index < -0.39 is 0 Å². The second-order valence-corrected chi connectivity index (χ2v) is 5.77. The van der Waals surface area contributed by atoms with E-state index in [9.17, 15) is 4.79 Å². The number of benzene rings is 1. The summed E-state index contributed by atoms with van der Waals surface area (Å²) < 4.78 is 5.11. The van der Waals surface area contributed by atoms with Crippen LogP contribution in [-0.2, 0) is 4.74 Å². The fourth-order valence-electron chi connectivity index (χ4n) is 2.02. The van der Waals surface area contributed by atoms with E-state index in [0.717, 1.165) is 17.8 Å². The fraction of sp³-hybridized carbons (Fsp3) is 0.375. The number of hydrogen-bond donors (Lipinski definition) is 1. The Labute approximate surface area is 129 Å². The summed E-state index contributed by atoms with van der Waals surface area (Å²) in [6, 6.07) is 7.56. The third-order valence-corrected chi connectivity index (χ3v) is 4.23. The van der Waals surface area contributed by atoms with E-state index in [0.29, 0.717) is 12.2 Å². The van der Waals surface area contributed by atoms with Gasteiger partial charge in [-0.3, -0.25) is 0 Å². The van der Waals surface area contributed by atoms with Crippen LogP contribution in [0.2, 0.25) is 0 Å². The first-order chi connectivity index (χ1) is 10.1. The number of nitrogens with one attached hydrogen (secondary N) is 1. The lowest BCUT2D eigenvalue weighted by Crippen LogP contribution is -2.08. The van der Waals surface area contributed by atoms with Crippen LogP contribution >= 0.6 is 11.3 Å². The second kappa shape index (κ2) is 7.22. The molecular weight excluding hydrogens is 284 g/mol. The molecule has 1 aromatic carbocycles. The normalized spacial score (nSPS) is 12.0. The molecule has 0 aliphatic heterocycles. The highest BCUT2D eigenvalue weighted by Crippen LogP contribution is 2.25. The molecule has 1 unspecified atom stereocenters. The smallest absolute Gasteiger partial charge is 0.338 e. The van der Waals surface area contributed by atoms with Crippen LogP contribution in [0.5, 0.6) is 0 Å². The van der Waals surface area contributed by atoms with Gasteiger partial charge < -0.3 is 10.1 Å². The minimum absolute atomic E-state index is 0.190. The Morgan fingerprint density at radius 1 is 1.38 bits per heavy atom. The number of esters is 1. The number of ether oxygens (including phenoxy) is 1. The highest BCUT2D eigenvalue weighted by atomic mass is 32.1. The third kappa shape index (κ3) is 4.04. The van der Waals surface area contributed by atoms with Crippen molar-refractivity contribution in [2.24, 2.45) is 0 Å². The summed E-state index contributed by atoms with van der Waals surface area (Å²) in [4.78, 5) is 17.2. The minimum Gasteiger partial charge on any atom is -0.462 e. The number of carbonyl (C=O) groups excluding carboxylic acids is 1. The number of aromatic nitrogens is 1. The number of carbonyl (C=O) groups is 1. The maximum absolute atomic E-state index is 11.7. The molecule has 0 amide bonds. The Bertz CT molecular complexity index is 593. The standard InChI is InChI=1S/C16H20N2O2S/c1-4-9-20-16(19)13-5-7-14(8-6-13)18-12(3)15-11(2)17-10-21-15/h5-8,10,12,18H,4,9H2,1-3H3. The van der Waals surface area contributed by atoms with Crippen molar-refractivity contribution in [3.63, 3.8) is 0 Å². The van der Waals surface area contributed by atoms with Crippen molar-refractivity contribution in [3.8, 4) is 0 Å². The largest absolute Gasteiger partial charge is 0.462 e. The fourth-order valence-corrected chi connectivity index (χ4v) is 2.83. The molecule has 0 bridgehead atoms. The van der Waals surface area contributed by atoms with E-state index in [1.54, 1.807) is 23.5 Å². The maximum atomic E-state index is 11.7. The van der Waals surface area contributed by atoms with E-state index in [1.165, 1.54) is 4.88 Å². The van der Waals surface area contributed by atoms with Gasteiger partial charge in [-0.1, -0.05) is 6.92 Å². The molecule has 0 saturated carbocycles. The Morgan fingerprint density at radius 2 is 2.10 bits per heavy atom. The van der Waals surface area contributed by atoms with Crippen molar-refractivity contribution >= 4 is 23.0 Å². The lowest BCUT2D eigenvalue weighted by molar-refractivity contribution is 0.0505. The molecule has 0 aliphatic carbocycles. The number of nitrogens with zero attached hydrogens (tertiary/aromatic N) is 1. The topological polar surface area (TPSA) is 51.2 Å². The lowest BCUT2D eigenvalue weighted by atomic mass is 10.2. The van der Waals surface area contributed by atoms with Crippen LogP contribution in [0.1, 0.15) is 47.2 Å². The van der Waals surface area contributed by atoms with Crippen LogP contribution in [0.25, 0.3) is 0 Å². The molecule has 0 aliphatic rings. The first-order valence-electron chi connectivity index (χ1n) is 7.05. The maximum Gasteiger partial charge on any atom is 0.338 e. The molecule has 1 atom stereocenters. The molecular formula is C16H20N2O2S. The predicted molar refractivity (Wildman–Crippen MR) is 85.9 cm³/mol. The van der Waals surface area contributed by atoms with Crippen molar-refractivity contribution in [2.75, 3.05) is 11.9 Å². The molecule has 0 spiro atoms. The van der Waals surface area contributed by atoms with Crippen molar-refractivity contribution in [1.29, 1.82) is 0 Å². The zero-order valence-corrected chi connectivity index (χ0v) is 13.4. The van der Waals surface area contributed by atoms with Gasteiger partial charge in [-0.25, -0.2) is 9.78 Å². The van der Waals surface area contributed by atoms with Gasteiger partial charge in [0.1, 0.15) is 0 Å². The van der Waals surface area contributed by atoms with E-state index in [1.807, 2.05) is 31.5 Å². The van der Waals surface area contributed by atoms with Crippen LogP contribution in [0.3, 0.4) is 0 Å². The molecule has 0 fully saturated rings. The Kier molecular flexibility index (Phi) is 5.33. The summed E-state index contributed by atoms with van der Waals surface area (Å²) in [5.41, 5.74) is 4.47. The number of rotatable bonds is 6. The van der Waals surface area contributed by atoms with Gasteiger partial charge >= 0.3 is 5.97 Å². The summed E-state index contributed by atoms with van der Waals surface area (Å²) in [6.45, 7) is 6.55. The average molecular weight is 304 g/mol. The van der Waals surface area contributed by atoms with E-state index >= 15 is 0 Å². The number of aryl methyl sites for hydroxylation is 1. The van der Waals surface area contributed by atoms with Gasteiger partial charge in [-0.2, -0.15) is 0 Å². The molecule has 112 valence electrons. The number of hydrogen-bond acceptors (Lipinski definition) is 5. The molecule has 2 rings (SSSR count). The Morgan fingerprint density at radius 3 is 2.67 bits per heavy atom. The monoisotopic (exact) mass is 304 g/mol. The highest BCUT2D eigenvalue weighted by molar-refractivity contribution is 7.09. The van der Waals surface area contributed by atoms with Gasteiger partial charge in [0, 0.05) is 10.6 Å². The first kappa shape index (κ1) is 15.5. The zero-order valence-electron chi connectivity index (χ0n) is 12.6. The van der Waals surface area contributed by atoms with E-state index in [2.05, 4.69) is 17.2 Å². The van der Waals surface area contributed by atoms with E-state index in [4.69, 9.17) is 4.74 Å². The third-order valence-electron chi connectivity index (χ3n) is 3.12. The molecule has 2 aromatic rings. The molecule has 0 saturated heterocycles. The number of thiazole rings is 1. The minimum atomic E-state index is -0.269. The molecule has 1 aromatic heterocycles. The highest BCUT2D eigenvalue weighted by Gasteiger charge is 2.11. The van der Waals surface area contributed by atoms with Gasteiger partial charge in [0.2, 0.25) is 0 Å². The summed E-state index contributed by atoms with van der Waals surface area (Å²) in [5, 5.41) is 3.41. The lowest BCUT2D eigenvalue weighted by Gasteiger charge is -2.14. The molecule has 4 nitrogen and oxygen atoms in total. The van der Waals surface area contributed by atoms with Gasteiger partial charge in [0.15, 0.2) is 0 Å².